The summed E-state index contributed by atoms with van der Waals surface area (Å²) in [6.07, 6.45) is -0.572. The fourth-order valence-corrected chi connectivity index (χ4v) is 3.60. The van der Waals surface area contributed by atoms with Crippen LogP contribution in [0.1, 0.15) is 31.7 Å². The SMILES string of the molecule is CCCC/C(N)=C/N(N)c1ccc(S(=O)(=O)Nc2ccccc2C(F)(F)F)cc1. The van der Waals surface area contributed by atoms with Gasteiger partial charge < -0.3 is 5.73 Å². The van der Waals surface area contributed by atoms with Crippen LogP contribution < -0.4 is 21.3 Å². The molecule has 0 saturated heterocycles. The molecule has 0 aliphatic rings. The van der Waals surface area contributed by atoms with Crippen LogP contribution in [0.4, 0.5) is 24.5 Å². The summed E-state index contributed by atoms with van der Waals surface area (Å²) in [6.45, 7) is 2.04. The van der Waals surface area contributed by atoms with E-state index in [9.17, 15) is 21.6 Å². The van der Waals surface area contributed by atoms with Gasteiger partial charge in [-0.1, -0.05) is 25.5 Å². The van der Waals surface area contributed by atoms with E-state index in [0.29, 0.717) is 17.8 Å². The minimum atomic E-state index is -4.69. The number of rotatable bonds is 8. The maximum absolute atomic E-state index is 13.1. The number of sulfonamides is 1. The Labute approximate surface area is 168 Å². The van der Waals surface area contributed by atoms with E-state index < -0.39 is 27.5 Å². The monoisotopic (exact) mass is 428 g/mol. The van der Waals surface area contributed by atoms with Gasteiger partial charge in [0.25, 0.3) is 10.0 Å². The zero-order chi connectivity index (χ0) is 21.7. The van der Waals surface area contributed by atoms with Gasteiger partial charge in [0.1, 0.15) is 0 Å². The van der Waals surface area contributed by atoms with E-state index >= 15 is 0 Å². The van der Waals surface area contributed by atoms with Gasteiger partial charge in [-0.25, -0.2) is 14.3 Å². The predicted molar refractivity (Wildman–Crippen MR) is 107 cm³/mol. The van der Waals surface area contributed by atoms with Crippen LogP contribution in [-0.2, 0) is 16.2 Å². The van der Waals surface area contributed by atoms with Crippen LogP contribution in [0.3, 0.4) is 0 Å². The minimum Gasteiger partial charge on any atom is -0.401 e. The Balaban J connectivity index is 2.21. The third-order valence-corrected chi connectivity index (χ3v) is 5.43. The quantitative estimate of drug-likeness (QED) is 0.433. The van der Waals surface area contributed by atoms with Gasteiger partial charge in [0.15, 0.2) is 0 Å². The minimum absolute atomic E-state index is 0.199. The molecule has 0 aliphatic heterocycles. The van der Waals surface area contributed by atoms with Crippen molar-refractivity contribution in [1.82, 2.24) is 0 Å². The molecular formula is C19H23F3N4O2S. The lowest BCUT2D eigenvalue weighted by molar-refractivity contribution is -0.136. The molecule has 0 spiro atoms. The van der Waals surface area contributed by atoms with Crippen molar-refractivity contribution < 1.29 is 21.6 Å². The summed E-state index contributed by atoms with van der Waals surface area (Å²) in [5.74, 6) is 5.90. The summed E-state index contributed by atoms with van der Waals surface area (Å²) in [4.78, 5) is -0.199. The first-order chi connectivity index (χ1) is 13.5. The molecule has 2 aromatic rings. The maximum atomic E-state index is 13.1. The summed E-state index contributed by atoms with van der Waals surface area (Å²) >= 11 is 0. The number of nitrogens with one attached hydrogen (secondary N) is 1. The van der Waals surface area contributed by atoms with Crippen molar-refractivity contribution in [2.75, 3.05) is 9.73 Å². The number of benzene rings is 2. The van der Waals surface area contributed by atoms with Gasteiger partial charge in [-0.3, -0.25) is 9.73 Å². The highest BCUT2D eigenvalue weighted by atomic mass is 32.2. The molecule has 2 rings (SSSR count). The van der Waals surface area contributed by atoms with Gasteiger partial charge in [0.05, 0.1) is 21.8 Å². The van der Waals surface area contributed by atoms with Crippen LogP contribution in [0.5, 0.6) is 0 Å². The first-order valence-electron chi connectivity index (χ1n) is 8.84. The Morgan fingerprint density at radius 1 is 1.14 bits per heavy atom. The number of nitrogens with zero attached hydrogens (tertiary/aromatic N) is 1. The van der Waals surface area contributed by atoms with Crippen molar-refractivity contribution in [2.24, 2.45) is 11.6 Å². The highest BCUT2D eigenvalue weighted by Gasteiger charge is 2.34. The molecule has 0 aromatic heterocycles. The fourth-order valence-electron chi connectivity index (χ4n) is 2.52. The zero-order valence-corrected chi connectivity index (χ0v) is 16.6. The van der Waals surface area contributed by atoms with Gasteiger partial charge in [0.2, 0.25) is 0 Å². The molecule has 5 N–H and O–H groups in total. The molecule has 0 bridgehead atoms. The molecule has 0 amide bonds. The van der Waals surface area contributed by atoms with E-state index in [2.05, 4.69) is 0 Å². The fraction of sp³-hybridized carbons (Fsp3) is 0.263. The molecule has 2 aromatic carbocycles. The second-order valence-electron chi connectivity index (χ2n) is 6.36. The van der Waals surface area contributed by atoms with Crippen LogP contribution >= 0.6 is 0 Å². The smallest absolute Gasteiger partial charge is 0.401 e. The van der Waals surface area contributed by atoms with E-state index in [0.717, 1.165) is 25.0 Å². The molecule has 0 aliphatic carbocycles. The highest BCUT2D eigenvalue weighted by Crippen LogP contribution is 2.35. The summed E-state index contributed by atoms with van der Waals surface area (Å²) in [5.41, 5.74) is 5.31. The van der Waals surface area contributed by atoms with Crippen molar-refractivity contribution in [3.63, 3.8) is 0 Å². The molecule has 158 valence electrons. The van der Waals surface area contributed by atoms with E-state index in [1.54, 1.807) is 0 Å². The topological polar surface area (TPSA) is 101 Å². The van der Waals surface area contributed by atoms with Crippen LogP contribution in [0.25, 0.3) is 0 Å². The average Bonchev–Trinajstić information content (AvgIpc) is 2.65. The average molecular weight is 428 g/mol. The molecule has 0 saturated carbocycles. The summed E-state index contributed by atoms with van der Waals surface area (Å²) in [5, 5.41) is 1.26. The second kappa shape index (κ2) is 9.19. The Bertz CT molecular complexity index is 958. The van der Waals surface area contributed by atoms with Gasteiger partial charge in [0, 0.05) is 11.9 Å². The number of halogens is 3. The molecular weight excluding hydrogens is 405 g/mol. The van der Waals surface area contributed by atoms with Crippen molar-refractivity contribution in [3.05, 3.63) is 66.0 Å². The molecule has 0 fully saturated rings. The molecule has 6 nitrogen and oxygen atoms in total. The lowest BCUT2D eigenvalue weighted by Crippen LogP contribution is -2.26. The van der Waals surface area contributed by atoms with Gasteiger partial charge in [-0.05, 0) is 49.2 Å². The highest BCUT2D eigenvalue weighted by molar-refractivity contribution is 7.92. The molecule has 10 heteroatoms. The van der Waals surface area contributed by atoms with Gasteiger partial charge in [-0.2, -0.15) is 13.2 Å². The van der Waals surface area contributed by atoms with E-state index in [4.69, 9.17) is 11.6 Å². The van der Waals surface area contributed by atoms with E-state index in [1.165, 1.54) is 47.6 Å². The van der Waals surface area contributed by atoms with Crippen molar-refractivity contribution in [2.45, 2.75) is 37.3 Å². The Hall–Kier alpha value is -2.72. The van der Waals surface area contributed by atoms with Gasteiger partial charge >= 0.3 is 6.18 Å². The van der Waals surface area contributed by atoms with E-state index in [1.807, 2.05) is 11.6 Å². The van der Waals surface area contributed by atoms with Crippen molar-refractivity contribution >= 4 is 21.4 Å². The summed E-state index contributed by atoms with van der Waals surface area (Å²) in [7, 11) is -4.22. The van der Waals surface area contributed by atoms with Crippen LogP contribution in [-0.4, -0.2) is 8.42 Å². The Morgan fingerprint density at radius 2 is 1.76 bits per heavy atom. The largest absolute Gasteiger partial charge is 0.418 e. The summed E-state index contributed by atoms with van der Waals surface area (Å²) < 4.78 is 66.2. The number of hydrazine groups is 1. The van der Waals surface area contributed by atoms with E-state index in [-0.39, 0.29) is 4.90 Å². The number of alkyl halides is 3. The molecule has 29 heavy (non-hydrogen) atoms. The second-order valence-corrected chi connectivity index (χ2v) is 8.04. The number of hydrogen-bond acceptors (Lipinski definition) is 5. The first-order valence-corrected chi connectivity index (χ1v) is 10.3. The number of anilines is 2. The third kappa shape index (κ3) is 6.13. The van der Waals surface area contributed by atoms with Crippen LogP contribution in [0.15, 0.2) is 65.3 Å². The van der Waals surface area contributed by atoms with Crippen LogP contribution in [0, 0.1) is 0 Å². The third-order valence-electron chi connectivity index (χ3n) is 4.05. The summed E-state index contributed by atoms with van der Waals surface area (Å²) in [6, 6.07) is 9.75. The van der Waals surface area contributed by atoms with Gasteiger partial charge in [-0.15, -0.1) is 0 Å². The molecule has 0 heterocycles. The van der Waals surface area contributed by atoms with Crippen LogP contribution in [0.2, 0.25) is 0 Å². The number of para-hydroxylation sites is 1. The number of unbranched alkanes of at least 4 members (excludes halogenated alkanes) is 1. The molecule has 0 atom stereocenters. The Kier molecular flexibility index (Phi) is 7.15. The maximum Gasteiger partial charge on any atom is 0.418 e. The lowest BCUT2D eigenvalue weighted by atomic mass is 10.2. The molecule has 0 radical (unpaired) electrons. The predicted octanol–water partition coefficient (Wildman–Crippen LogP) is 4.18. The molecule has 0 unspecified atom stereocenters. The zero-order valence-electron chi connectivity index (χ0n) is 15.8. The van der Waals surface area contributed by atoms with Crippen molar-refractivity contribution in [1.29, 1.82) is 0 Å². The Morgan fingerprint density at radius 3 is 2.34 bits per heavy atom. The number of hydrogen-bond donors (Lipinski definition) is 3. The van der Waals surface area contributed by atoms with Crippen molar-refractivity contribution in [3.8, 4) is 0 Å². The number of nitrogens with two attached hydrogens (primary N) is 2. The number of allylic oxidation sites excluding steroid dienone is 1. The lowest BCUT2D eigenvalue weighted by Gasteiger charge is -2.17. The first kappa shape index (κ1) is 22.6. The normalized spacial score (nSPS) is 12.7. The standard InChI is InChI=1S/C19H23F3N4O2S/c1-2-3-6-14(23)13-26(24)15-9-11-16(12-10-15)29(27,28)25-18-8-5-4-7-17(18)19(20,21)22/h4-5,7-13,25H,2-3,6,23-24H2,1H3/b14-13-.